The van der Waals surface area contributed by atoms with Crippen LogP contribution in [0.25, 0.3) is 0 Å². The van der Waals surface area contributed by atoms with E-state index in [4.69, 9.17) is 4.74 Å². The maximum Gasteiger partial charge on any atom is 0.320 e. The number of carbonyl (C=O) groups excluding carboxylic acids is 2. The van der Waals surface area contributed by atoms with Crippen molar-refractivity contribution in [3.63, 3.8) is 0 Å². The van der Waals surface area contributed by atoms with Crippen molar-refractivity contribution in [1.29, 1.82) is 0 Å². The Hall–Kier alpha value is -4.25. The molecule has 2 N–H and O–H groups in total. The number of rotatable bonds is 6. The van der Waals surface area contributed by atoms with Gasteiger partial charge in [0.1, 0.15) is 5.69 Å². The van der Waals surface area contributed by atoms with Crippen molar-refractivity contribution in [3.05, 3.63) is 95.3 Å². The molecule has 0 aliphatic carbocycles. The van der Waals surface area contributed by atoms with Gasteiger partial charge in [-0.1, -0.05) is 42.2 Å². The number of hydrogen-bond acceptors (Lipinski definition) is 4. The molecule has 0 spiro atoms. The van der Waals surface area contributed by atoms with Gasteiger partial charge in [-0.2, -0.15) is 0 Å². The Labute approximate surface area is 196 Å². The van der Waals surface area contributed by atoms with Gasteiger partial charge in [0.25, 0.3) is 0 Å². The average Bonchev–Trinajstić information content (AvgIpc) is 2.81. The third-order valence-corrected chi connectivity index (χ3v) is 4.90. The molecule has 0 aliphatic heterocycles. The first kappa shape index (κ1) is 24.4. The Kier molecular flexibility index (Phi) is 7.93. The van der Waals surface area contributed by atoms with Gasteiger partial charge in [-0.15, -0.1) is 0 Å². The molecule has 34 heavy (non-hydrogen) atoms. The Balaban J connectivity index is 1.79. The fourth-order valence-electron chi connectivity index (χ4n) is 3.27. The van der Waals surface area contributed by atoms with Crippen LogP contribution in [0.5, 0.6) is 0 Å². The lowest BCUT2D eigenvalue weighted by molar-refractivity contribution is -0.144. The minimum atomic E-state index is -1.18. The van der Waals surface area contributed by atoms with Crippen molar-refractivity contribution in [2.45, 2.75) is 25.8 Å². The van der Waals surface area contributed by atoms with Gasteiger partial charge in [-0.05, 0) is 43.7 Å². The summed E-state index contributed by atoms with van der Waals surface area (Å²) in [5.74, 6) is 2.93. The minimum absolute atomic E-state index is 0.0984. The fourth-order valence-corrected chi connectivity index (χ4v) is 3.27. The number of benzene rings is 2. The van der Waals surface area contributed by atoms with Crippen LogP contribution in [0.15, 0.2) is 67.0 Å². The molecule has 3 rings (SSSR count). The van der Waals surface area contributed by atoms with Crippen LogP contribution in [0.1, 0.15) is 37.0 Å². The van der Waals surface area contributed by atoms with Gasteiger partial charge in [-0.3, -0.25) is 9.78 Å². The Morgan fingerprint density at radius 1 is 1.03 bits per heavy atom. The highest BCUT2D eigenvalue weighted by Gasteiger charge is 2.32. The molecule has 0 saturated heterocycles. The van der Waals surface area contributed by atoms with Gasteiger partial charge in [0, 0.05) is 23.5 Å². The average molecular weight is 463 g/mol. The van der Waals surface area contributed by atoms with Crippen molar-refractivity contribution in [1.82, 2.24) is 10.3 Å². The van der Waals surface area contributed by atoms with Crippen molar-refractivity contribution in [3.8, 4) is 11.8 Å². The molecule has 8 heteroatoms. The number of nitrogens with one attached hydrogen (secondary N) is 2. The molecule has 174 valence electrons. The normalized spacial score (nSPS) is 12.0. The van der Waals surface area contributed by atoms with E-state index >= 15 is 0 Å². The van der Waals surface area contributed by atoms with E-state index in [0.717, 1.165) is 12.1 Å². The third-order valence-electron chi connectivity index (χ3n) is 4.90. The standard InChI is InChI=1S/C26H23F2N3O3/c1-3-34-23(32)16-26(2,20-9-5-4-6-10-20)31-25(33)30-24-21(27)14-19(15-22(24)28)12-11-18-8-7-13-29-17-18/h4-10,13-15,17H,3,16H2,1-2H3,(H2,30,31,33). The monoisotopic (exact) mass is 463 g/mol. The van der Waals surface area contributed by atoms with Crippen LogP contribution in [-0.2, 0) is 15.1 Å². The van der Waals surface area contributed by atoms with Gasteiger partial charge in [-0.25, -0.2) is 13.6 Å². The SMILES string of the molecule is CCOC(=O)CC(C)(NC(=O)Nc1c(F)cc(C#Cc2cccnc2)cc1F)c1ccccc1. The maximum atomic E-state index is 14.6. The first-order valence-electron chi connectivity index (χ1n) is 10.5. The van der Waals surface area contributed by atoms with Crippen molar-refractivity contribution < 1.29 is 23.1 Å². The topological polar surface area (TPSA) is 80.3 Å². The highest BCUT2D eigenvalue weighted by Crippen LogP contribution is 2.26. The largest absolute Gasteiger partial charge is 0.466 e. The van der Waals surface area contributed by atoms with E-state index in [2.05, 4.69) is 27.5 Å². The van der Waals surface area contributed by atoms with Gasteiger partial charge in [0.15, 0.2) is 11.6 Å². The Morgan fingerprint density at radius 2 is 1.71 bits per heavy atom. The van der Waals surface area contributed by atoms with E-state index in [9.17, 15) is 18.4 Å². The zero-order chi connectivity index (χ0) is 24.6. The Bertz CT molecular complexity index is 1200. The smallest absolute Gasteiger partial charge is 0.320 e. The summed E-state index contributed by atoms with van der Waals surface area (Å²) in [6.45, 7) is 3.49. The number of pyridine rings is 1. The number of ether oxygens (including phenoxy) is 1. The highest BCUT2D eigenvalue weighted by molar-refractivity contribution is 5.90. The van der Waals surface area contributed by atoms with Crippen LogP contribution in [0.4, 0.5) is 19.3 Å². The number of esters is 1. The van der Waals surface area contributed by atoms with Crippen molar-refractivity contribution in [2.24, 2.45) is 0 Å². The van der Waals surface area contributed by atoms with Gasteiger partial charge in [0.2, 0.25) is 0 Å². The van der Waals surface area contributed by atoms with Gasteiger partial charge < -0.3 is 15.4 Å². The summed E-state index contributed by atoms with van der Waals surface area (Å²) in [5, 5.41) is 4.84. The van der Waals surface area contributed by atoms with E-state index in [1.54, 1.807) is 62.5 Å². The second kappa shape index (κ2) is 11.1. The van der Waals surface area contributed by atoms with E-state index in [1.165, 1.54) is 6.20 Å². The van der Waals surface area contributed by atoms with Crippen LogP contribution in [-0.4, -0.2) is 23.6 Å². The first-order chi connectivity index (χ1) is 16.3. The molecular weight excluding hydrogens is 440 g/mol. The summed E-state index contributed by atoms with van der Waals surface area (Å²) in [6, 6.07) is 13.3. The zero-order valence-electron chi connectivity index (χ0n) is 18.7. The first-order valence-corrected chi connectivity index (χ1v) is 10.5. The van der Waals surface area contributed by atoms with Crippen LogP contribution >= 0.6 is 0 Å². The van der Waals surface area contributed by atoms with Crippen molar-refractivity contribution >= 4 is 17.7 Å². The summed E-state index contributed by atoms with van der Waals surface area (Å²) in [5.41, 5.74) is -0.497. The van der Waals surface area contributed by atoms with Crippen LogP contribution in [0.3, 0.4) is 0 Å². The molecule has 3 aromatic rings. The zero-order valence-corrected chi connectivity index (χ0v) is 18.7. The number of halogens is 2. The maximum absolute atomic E-state index is 14.6. The van der Waals surface area contributed by atoms with E-state index < -0.39 is 34.9 Å². The summed E-state index contributed by atoms with van der Waals surface area (Å²) in [6.07, 6.45) is 2.94. The molecule has 0 aliphatic rings. The summed E-state index contributed by atoms with van der Waals surface area (Å²) in [4.78, 5) is 28.8. The molecular formula is C26H23F2N3O3. The predicted molar refractivity (Wildman–Crippen MR) is 124 cm³/mol. The second-order valence-electron chi connectivity index (χ2n) is 7.57. The molecule has 6 nitrogen and oxygen atoms in total. The van der Waals surface area contributed by atoms with Gasteiger partial charge in [0.05, 0.1) is 18.6 Å². The number of carbonyl (C=O) groups is 2. The molecule has 1 heterocycles. The summed E-state index contributed by atoms with van der Waals surface area (Å²) < 4.78 is 34.3. The lowest BCUT2D eigenvalue weighted by Crippen LogP contribution is -2.47. The van der Waals surface area contributed by atoms with Gasteiger partial charge >= 0.3 is 12.0 Å². The van der Waals surface area contributed by atoms with Crippen LogP contribution in [0, 0.1) is 23.5 Å². The number of urea groups is 1. The molecule has 1 aromatic heterocycles. The third kappa shape index (κ3) is 6.39. The number of hydrogen-bond donors (Lipinski definition) is 2. The molecule has 1 atom stereocenters. The lowest BCUT2D eigenvalue weighted by atomic mass is 9.88. The quantitative estimate of drug-likeness (QED) is 0.408. The van der Waals surface area contributed by atoms with E-state index in [1.807, 2.05) is 0 Å². The molecule has 2 amide bonds. The van der Waals surface area contributed by atoms with Crippen molar-refractivity contribution in [2.75, 3.05) is 11.9 Å². The number of anilines is 1. The molecule has 0 saturated carbocycles. The minimum Gasteiger partial charge on any atom is -0.466 e. The fraction of sp³-hybridized carbons (Fsp3) is 0.192. The molecule has 0 fully saturated rings. The second-order valence-corrected chi connectivity index (χ2v) is 7.57. The summed E-state index contributed by atoms with van der Waals surface area (Å²) >= 11 is 0. The Morgan fingerprint density at radius 3 is 2.32 bits per heavy atom. The predicted octanol–water partition coefficient (Wildman–Crippen LogP) is 4.75. The van der Waals surface area contributed by atoms with E-state index in [0.29, 0.717) is 11.1 Å². The number of aromatic nitrogens is 1. The summed E-state index contributed by atoms with van der Waals surface area (Å²) in [7, 11) is 0. The lowest BCUT2D eigenvalue weighted by Gasteiger charge is -2.30. The molecule has 0 bridgehead atoms. The highest BCUT2D eigenvalue weighted by atomic mass is 19.1. The molecule has 1 unspecified atom stereocenters. The van der Waals surface area contributed by atoms with E-state index in [-0.39, 0.29) is 18.6 Å². The molecule has 0 radical (unpaired) electrons. The number of nitrogens with zero attached hydrogens (tertiary/aromatic N) is 1. The van der Waals surface area contributed by atoms with Crippen LogP contribution in [0.2, 0.25) is 0 Å². The van der Waals surface area contributed by atoms with Crippen LogP contribution < -0.4 is 10.6 Å². The number of amides is 2. The molecule has 2 aromatic carbocycles.